The maximum atomic E-state index is 12.1. The molecule has 4 nitrogen and oxygen atoms in total. The molecule has 0 saturated carbocycles. The second-order valence-electron chi connectivity index (χ2n) is 5.18. The Kier molecular flexibility index (Phi) is 4.43. The average molecular weight is 262 g/mol. The summed E-state index contributed by atoms with van der Waals surface area (Å²) < 4.78 is 5.16. The van der Waals surface area contributed by atoms with Crippen LogP contribution in [0.25, 0.3) is 0 Å². The Morgan fingerprint density at radius 2 is 2.16 bits per heavy atom. The number of nitrogens with zero attached hydrogens (tertiary/aromatic N) is 1. The van der Waals surface area contributed by atoms with E-state index < -0.39 is 0 Å². The molecule has 1 aliphatic rings. The van der Waals surface area contributed by atoms with Crippen LogP contribution in [0.1, 0.15) is 24.8 Å². The number of amides is 1. The molecule has 4 heteroatoms. The highest BCUT2D eigenvalue weighted by molar-refractivity contribution is 5.79. The predicted octanol–water partition coefficient (Wildman–Crippen LogP) is 1.61. The van der Waals surface area contributed by atoms with Gasteiger partial charge in [0, 0.05) is 31.5 Å². The van der Waals surface area contributed by atoms with Crippen molar-refractivity contribution in [2.45, 2.75) is 19.3 Å². The lowest BCUT2D eigenvalue weighted by Crippen LogP contribution is -2.36. The van der Waals surface area contributed by atoms with Crippen LogP contribution in [0.2, 0.25) is 0 Å². The minimum absolute atomic E-state index is 0.0744. The van der Waals surface area contributed by atoms with E-state index in [0.29, 0.717) is 12.5 Å². The van der Waals surface area contributed by atoms with E-state index in [1.807, 2.05) is 24.0 Å². The number of hydrogen-bond acceptors (Lipinski definition) is 3. The smallest absolute Gasteiger partial charge is 0.226 e. The van der Waals surface area contributed by atoms with Crippen molar-refractivity contribution in [2.75, 3.05) is 26.7 Å². The Morgan fingerprint density at radius 3 is 2.74 bits per heavy atom. The van der Waals surface area contributed by atoms with E-state index in [1.165, 1.54) is 5.56 Å². The number of benzene rings is 1. The summed E-state index contributed by atoms with van der Waals surface area (Å²) in [5.41, 5.74) is 6.83. The number of likely N-dealkylation sites (tertiary alicyclic amines) is 1. The van der Waals surface area contributed by atoms with E-state index in [4.69, 9.17) is 10.5 Å². The number of nitrogens with two attached hydrogens (primary N) is 1. The molecule has 1 aromatic rings. The first kappa shape index (κ1) is 13.9. The van der Waals surface area contributed by atoms with Gasteiger partial charge in [-0.2, -0.15) is 0 Å². The number of hydrogen-bond donors (Lipinski definition) is 1. The highest BCUT2D eigenvalue weighted by atomic mass is 16.5. The second-order valence-corrected chi connectivity index (χ2v) is 5.18. The lowest BCUT2D eigenvalue weighted by atomic mass is 9.98. The van der Waals surface area contributed by atoms with Gasteiger partial charge in [0.2, 0.25) is 5.91 Å². The van der Waals surface area contributed by atoms with E-state index >= 15 is 0 Å². The molecule has 1 aromatic carbocycles. The molecule has 0 aromatic heterocycles. The third-order valence-corrected chi connectivity index (χ3v) is 3.86. The molecule has 2 unspecified atom stereocenters. The number of methoxy groups -OCH3 is 1. The van der Waals surface area contributed by atoms with Crippen LogP contribution in [0.5, 0.6) is 5.75 Å². The highest BCUT2D eigenvalue weighted by Crippen LogP contribution is 2.29. The van der Waals surface area contributed by atoms with Crippen molar-refractivity contribution in [3.05, 3.63) is 29.8 Å². The van der Waals surface area contributed by atoms with Crippen molar-refractivity contribution < 1.29 is 9.53 Å². The standard InChI is InChI=1S/C15H22N2O2/c1-11(9-16)15(18)17-8-7-13(10-17)12-3-5-14(19-2)6-4-12/h3-6,11,13H,7-10,16H2,1-2H3. The molecule has 19 heavy (non-hydrogen) atoms. The van der Waals surface area contributed by atoms with Crippen molar-refractivity contribution in [3.8, 4) is 5.75 Å². The normalized spacial score (nSPS) is 20.4. The fourth-order valence-corrected chi connectivity index (χ4v) is 2.52. The zero-order valence-electron chi connectivity index (χ0n) is 11.6. The summed E-state index contributed by atoms with van der Waals surface area (Å²) in [6.45, 7) is 3.95. The van der Waals surface area contributed by atoms with Gasteiger partial charge in [-0.05, 0) is 24.1 Å². The fraction of sp³-hybridized carbons (Fsp3) is 0.533. The molecule has 2 N–H and O–H groups in total. The summed E-state index contributed by atoms with van der Waals surface area (Å²) in [6.07, 6.45) is 1.02. The van der Waals surface area contributed by atoms with Gasteiger partial charge in [0.25, 0.3) is 0 Å². The van der Waals surface area contributed by atoms with Gasteiger partial charge in [-0.25, -0.2) is 0 Å². The van der Waals surface area contributed by atoms with Crippen LogP contribution >= 0.6 is 0 Å². The molecule has 0 spiro atoms. The minimum Gasteiger partial charge on any atom is -0.497 e. The molecular formula is C15H22N2O2. The zero-order valence-corrected chi connectivity index (χ0v) is 11.6. The van der Waals surface area contributed by atoms with E-state index in [0.717, 1.165) is 25.3 Å². The summed E-state index contributed by atoms with van der Waals surface area (Å²) in [6, 6.07) is 8.12. The minimum atomic E-state index is -0.0744. The summed E-state index contributed by atoms with van der Waals surface area (Å²) >= 11 is 0. The van der Waals surface area contributed by atoms with Crippen LogP contribution in [-0.4, -0.2) is 37.6 Å². The SMILES string of the molecule is COc1ccc(C2CCN(C(=O)C(C)CN)C2)cc1. The Bertz CT molecular complexity index is 430. The lowest BCUT2D eigenvalue weighted by molar-refractivity contribution is -0.133. The molecule has 0 bridgehead atoms. The largest absolute Gasteiger partial charge is 0.497 e. The van der Waals surface area contributed by atoms with Crippen LogP contribution in [0.15, 0.2) is 24.3 Å². The van der Waals surface area contributed by atoms with Crippen LogP contribution in [-0.2, 0) is 4.79 Å². The first-order chi connectivity index (χ1) is 9.15. The molecule has 0 radical (unpaired) electrons. The molecule has 1 amide bonds. The van der Waals surface area contributed by atoms with Gasteiger partial charge in [0.15, 0.2) is 0 Å². The van der Waals surface area contributed by atoms with Gasteiger partial charge in [-0.3, -0.25) is 4.79 Å². The summed E-state index contributed by atoms with van der Waals surface area (Å²) in [4.78, 5) is 14.0. The van der Waals surface area contributed by atoms with Crippen molar-refractivity contribution in [2.24, 2.45) is 11.7 Å². The molecule has 1 heterocycles. The molecular weight excluding hydrogens is 240 g/mol. The number of ether oxygens (including phenoxy) is 1. The van der Waals surface area contributed by atoms with Crippen LogP contribution < -0.4 is 10.5 Å². The van der Waals surface area contributed by atoms with Crippen LogP contribution in [0.4, 0.5) is 0 Å². The summed E-state index contributed by atoms with van der Waals surface area (Å²) in [5, 5.41) is 0. The maximum Gasteiger partial charge on any atom is 0.226 e. The quantitative estimate of drug-likeness (QED) is 0.897. The van der Waals surface area contributed by atoms with Crippen molar-refractivity contribution >= 4 is 5.91 Å². The fourth-order valence-electron chi connectivity index (χ4n) is 2.52. The molecule has 1 saturated heterocycles. The van der Waals surface area contributed by atoms with Gasteiger partial charge in [0.05, 0.1) is 7.11 Å². The first-order valence-electron chi connectivity index (χ1n) is 6.78. The van der Waals surface area contributed by atoms with Crippen molar-refractivity contribution in [3.63, 3.8) is 0 Å². The van der Waals surface area contributed by atoms with Crippen molar-refractivity contribution in [1.82, 2.24) is 4.90 Å². The Hall–Kier alpha value is -1.55. The van der Waals surface area contributed by atoms with Crippen molar-refractivity contribution in [1.29, 1.82) is 0 Å². The zero-order chi connectivity index (χ0) is 13.8. The monoisotopic (exact) mass is 262 g/mol. The molecule has 104 valence electrons. The van der Waals surface area contributed by atoms with Gasteiger partial charge in [-0.1, -0.05) is 19.1 Å². The van der Waals surface area contributed by atoms with Crippen LogP contribution in [0.3, 0.4) is 0 Å². The molecule has 1 fully saturated rings. The maximum absolute atomic E-state index is 12.1. The van der Waals surface area contributed by atoms with Gasteiger partial charge in [-0.15, -0.1) is 0 Å². The Balaban J connectivity index is 1.99. The van der Waals surface area contributed by atoms with Gasteiger partial charge in [0.1, 0.15) is 5.75 Å². The van der Waals surface area contributed by atoms with E-state index in [2.05, 4.69) is 12.1 Å². The number of carbonyl (C=O) groups excluding carboxylic acids is 1. The van der Waals surface area contributed by atoms with E-state index in [-0.39, 0.29) is 11.8 Å². The second kappa shape index (κ2) is 6.06. The Morgan fingerprint density at radius 1 is 1.47 bits per heavy atom. The molecule has 2 atom stereocenters. The highest BCUT2D eigenvalue weighted by Gasteiger charge is 2.29. The van der Waals surface area contributed by atoms with E-state index in [1.54, 1.807) is 7.11 Å². The molecule has 0 aliphatic carbocycles. The lowest BCUT2D eigenvalue weighted by Gasteiger charge is -2.20. The van der Waals surface area contributed by atoms with Gasteiger partial charge >= 0.3 is 0 Å². The summed E-state index contributed by atoms with van der Waals surface area (Å²) in [5.74, 6) is 1.40. The third-order valence-electron chi connectivity index (χ3n) is 3.86. The first-order valence-corrected chi connectivity index (χ1v) is 6.78. The average Bonchev–Trinajstić information content (AvgIpc) is 2.95. The van der Waals surface area contributed by atoms with E-state index in [9.17, 15) is 4.79 Å². The number of rotatable bonds is 4. The van der Waals surface area contributed by atoms with Crippen LogP contribution in [0, 0.1) is 5.92 Å². The molecule has 1 aliphatic heterocycles. The molecule has 2 rings (SSSR count). The third kappa shape index (κ3) is 3.07. The van der Waals surface area contributed by atoms with Gasteiger partial charge < -0.3 is 15.4 Å². The Labute approximate surface area is 114 Å². The summed E-state index contributed by atoms with van der Waals surface area (Å²) in [7, 11) is 1.67. The predicted molar refractivity (Wildman–Crippen MR) is 75.2 cm³/mol. The topological polar surface area (TPSA) is 55.6 Å². The number of carbonyl (C=O) groups is 1.